The smallest absolute Gasteiger partial charge is 0.315 e. The summed E-state index contributed by atoms with van der Waals surface area (Å²) >= 11 is 0. The van der Waals surface area contributed by atoms with Crippen molar-refractivity contribution in [2.75, 3.05) is 6.54 Å². The zero-order chi connectivity index (χ0) is 14.1. The van der Waals surface area contributed by atoms with Gasteiger partial charge in [0.05, 0.1) is 12.8 Å². The average molecular weight is 267 g/mol. The lowest BCUT2D eigenvalue weighted by Gasteiger charge is -2.11. The summed E-state index contributed by atoms with van der Waals surface area (Å²) in [5.74, 6) is 0.630. The van der Waals surface area contributed by atoms with E-state index in [1.54, 1.807) is 18.4 Å². The van der Waals surface area contributed by atoms with Gasteiger partial charge in [0.1, 0.15) is 5.76 Å². The van der Waals surface area contributed by atoms with Gasteiger partial charge in [-0.15, -0.1) is 0 Å². The second-order valence-corrected chi connectivity index (χ2v) is 4.32. The van der Waals surface area contributed by atoms with Crippen molar-refractivity contribution in [2.24, 2.45) is 0 Å². The van der Waals surface area contributed by atoms with E-state index in [0.717, 1.165) is 6.42 Å². The highest BCUT2D eigenvalue weighted by Crippen LogP contribution is 1.98. The maximum absolute atomic E-state index is 11.4. The molecule has 0 saturated heterocycles. The van der Waals surface area contributed by atoms with Gasteiger partial charge in [-0.2, -0.15) is 0 Å². The third-order valence-corrected chi connectivity index (χ3v) is 2.66. The van der Waals surface area contributed by atoms with Gasteiger partial charge in [-0.3, -0.25) is 4.79 Å². The van der Waals surface area contributed by atoms with Crippen LogP contribution in [0.5, 0.6) is 0 Å². The van der Waals surface area contributed by atoms with Crippen LogP contribution in [0.3, 0.4) is 0 Å². The van der Waals surface area contributed by atoms with Gasteiger partial charge in [-0.25, -0.2) is 4.79 Å². The molecule has 0 bridgehead atoms. The van der Waals surface area contributed by atoms with Crippen molar-refractivity contribution in [1.82, 2.24) is 16.0 Å². The summed E-state index contributed by atoms with van der Waals surface area (Å²) in [6.45, 7) is 4.59. The molecule has 0 aliphatic carbocycles. The molecule has 1 aromatic rings. The molecule has 0 aromatic carbocycles. The number of urea groups is 1. The molecule has 106 valence electrons. The maximum atomic E-state index is 11.4. The molecule has 0 aliphatic rings. The highest BCUT2D eigenvalue weighted by atomic mass is 16.3. The Morgan fingerprint density at radius 1 is 1.37 bits per heavy atom. The van der Waals surface area contributed by atoms with Crippen LogP contribution in [-0.4, -0.2) is 24.5 Å². The van der Waals surface area contributed by atoms with Gasteiger partial charge in [0, 0.05) is 19.0 Å². The average Bonchev–Trinajstić information content (AvgIpc) is 2.89. The Morgan fingerprint density at radius 3 is 2.79 bits per heavy atom. The number of rotatable bonds is 7. The third-order valence-electron chi connectivity index (χ3n) is 2.66. The molecule has 0 saturated carbocycles. The van der Waals surface area contributed by atoms with E-state index >= 15 is 0 Å². The molecule has 6 heteroatoms. The quantitative estimate of drug-likeness (QED) is 0.698. The second-order valence-electron chi connectivity index (χ2n) is 4.32. The zero-order valence-corrected chi connectivity index (χ0v) is 11.4. The molecule has 1 rings (SSSR count). The van der Waals surface area contributed by atoms with Crippen LogP contribution in [0.1, 0.15) is 32.4 Å². The fourth-order valence-corrected chi connectivity index (χ4v) is 1.38. The first kappa shape index (κ1) is 15.1. The Balaban J connectivity index is 2.08. The van der Waals surface area contributed by atoms with Crippen molar-refractivity contribution >= 4 is 11.9 Å². The molecule has 3 amide bonds. The van der Waals surface area contributed by atoms with Gasteiger partial charge < -0.3 is 20.4 Å². The predicted octanol–water partition coefficient (Wildman–Crippen LogP) is 1.38. The number of carbonyl (C=O) groups excluding carboxylic acids is 2. The minimum Gasteiger partial charge on any atom is -0.467 e. The van der Waals surface area contributed by atoms with Crippen molar-refractivity contribution in [3.8, 4) is 0 Å². The van der Waals surface area contributed by atoms with Gasteiger partial charge >= 0.3 is 6.03 Å². The summed E-state index contributed by atoms with van der Waals surface area (Å²) in [4.78, 5) is 22.8. The topological polar surface area (TPSA) is 83.4 Å². The first-order valence-corrected chi connectivity index (χ1v) is 6.45. The van der Waals surface area contributed by atoms with Crippen LogP contribution >= 0.6 is 0 Å². The zero-order valence-electron chi connectivity index (χ0n) is 11.4. The van der Waals surface area contributed by atoms with Gasteiger partial charge in [0.15, 0.2) is 0 Å². The monoisotopic (exact) mass is 267 g/mol. The Morgan fingerprint density at radius 2 is 2.16 bits per heavy atom. The molecule has 0 unspecified atom stereocenters. The van der Waals surface area contributed by atoms with Crippen LogP contribution < -0.4 is 16.0 Å². The maximum Gasteiger partial charge on any atom is 0.315 e. The standard InChI is InChI=1S/C13H21N3O3/c1-3-10(2)16-12(17)6-7-14-13(18)15-9-11-5-4-8-19-11/h4-5,8,10H,3,6-7,9H2,1-2H3,(H,16,17)(H2,14,15,18)/t10-/m1/s1. The fourth-order valence-electron chi connectivity index (χ4n) is 1.38. The van der Waals surface area contributed by atoms with E-state index in [2.05, 4.69) is 16.0 Å². The lowest BCUT2D eigenvalue weighted by molar-refractivity contribution is -0.121. The minimum absolute atomic E-state index is 0.0549. The molecule has 3 N–H and O–H groups in total. The predicted molar refractivity (Wildman–Crippen MR) is 71.5 cm³/mol. The summed E-state index contributed by atoms with van der Waals surface area (Å²) in [7, 11) is 0. The highest BCUT2D eigenvalue weighted by molar-refractivity contribution is 5.78. The Kier molecular flexibility index (Phi) is 6.49. The molecule has 0 fully saturated rings. The number of hydrogen-bond acceptors (Lipinski definition) is 3. The van der Waals surface area contributed by atoms with Crippen molar-refractivity contribution in [3.63, 3.8) is 0 Å². The first-order chi connectivity index (χ1) is 9.11. The molecule has 19 heavy (non-hydrogen) atoms. The highest BCUT2D eigenvalue weighted by Gasteiger charge is 2.06. The minimum atomic E-state index is -0.312. The first-order valence-electron chi connectivity index (χ1n) is 6.45. The summed E-state index contributed by atoms with van der Waals surface area (Å²) < 4.78 is 5.08. The molecular weight excluding hydrogens is 246 g/mol. The van der Waals surface area contributed by atoms with Crippen molar-refractivity contribution in [1.29, 1.82) is 0 Å². The molecule has 6 nitrogen and oxygen atoms in total. The third kappa shape index (κ3) is 6.49. The van der Waals surface area contributed by atoms with Crippen LogP contribution in [0.25, 0.3) is 0 Å². The van der Waals surface area contributed by atoms with Gasteiger partial charge in [-0.05, 0) is 25.5 Å². The molecule has 1 heterocycles. The molecule has 0 aliphatic heterocycles. The summed E-state index contributed by atoms with van der Waals surface area (Å²) in [5, 5.41) is 8.08. The van der Waals surface area contributed by atoms with Crippen LogP contribution in [0.15, 0.2) is 22.8 Å². The van der Waals surface area contributed by atoms with E-state index in [4.69, 9.17) is 4.42 Å². The number of amides is 3. The largest absolute Gasteiger partial charge is 0.467 e. The molecule has 0 spiro atoms. The Hall–Kier alpha value is -1.98. The van der Waals surface area contributed by atoms with Crippen molar-refractivity contribution in [2.45, 2.75) is 39.3 Å². The number of hydrogen-bond donors (Lipinski definition) is 3. The number of nitrogens with one attached hydrogen (secondary N) is 3. The molecular formula is C13H21N3O3. The van der Waals surface area contributed by atoms with E-state index in [1.807, 2.05) is 13.8 Å². The fraction of sp³-hybridized carbons (Fsp3) is 0.538. The van der Waals surface area contributed by atoms with Gasteiger partial charge in [-0.1, -0.05) is 6.92 Å². The van der Waals surface area contributed by atoms with Crippen LogP contribution in [0, 0.1) is 0 Å². The summed E-state index contributed by atoms with van der Waals surface area (Å²) in [5.41, 5.74) is 0. The summed E-state index contributed by atoms with van der Waals surface area (Å²) in [6.07, 6.45) is 2.72. The van der Waals surface area contributed by atoms with Crippen molar-refractivity contribution in [3.05, 3.63) is 24.2 Å². The van der Waals surface area contributed by atoms with Crippen LogP contribution in [0.2, 0.25) is 0 Å². The van der Waals surface area contributed by atoms with Gasteiger partial charge in [0.2, 0.25) is 5.91 Å². The van der Waals surface area contributed by atoms with Crippen LogP contribution in [-0.2, 0) is 11.3 Å². The number of furan rings is 1. The SMILES string of the molecule is CC[C@@H](C)NC(=O)CCNC(=O)NCc1ccco1. The molecule has 0 radical (unpaired) electrons. The van der Waals surface area contributed by atoms with E-state index in [-0.39, 0.29) is 24.4 Å². The Bertz CT molecular complexity index is 390. The summed E-state index contributed by atoms with van der Waals surface area (Å²) in [6, 6.07) is 3.39. The van der Waals surface area contributed by atoms with Crippen molar-refractivity contribution < 1.29 is 14.0 Å². The van der Waals surface area contributed by atoms with E-state index < -0.39 is 0 Å². The molecule has 1 atom stereocenters. The lowest BCUT2D eigenvalue weighted by atomic mass is 10.2. The van der Waals surface area contributed by atoms with E-state index in [1.165, 1.54) is 0 Å². The Labute approximate surface area is 112 Å². The normalized spacial score (nSPS) is 11.7. The van der Waals surface area contributed by atoms with Gasteiger partial charge in [0.25, 0.3) is 0 Å². The number of carbonyl (C=O) groups is 2. The van der Waals surface area contributed by atoms with E-state index in [9.17, 15) is 9.59 Å². The second kappa shape index (κ2) is 8.18. The van der Waals surface area contributed by atoms with Crippen LogP contribution in [0.4, 0.5) is 4.79 Å². The van der Waals surface area contributed by atoms with E-state index in [0.29, 0.717) is 18.8 Å². The lowest BCUT2D eigenvalue weighted by Crippen LogP contribution is -2.38. The molecule has 1 aromatic heterocycles.